The van der Waals surface area contributed by atoms with Gasteiger partial charge in [-0.05, 0) is 24.3 Å². The molecule has 0 aliphatic rings. The Morgan fingerprint density at radius 3 is 2.47 bits per heavy atom. The average molecular weight is 288 g/mol. The molecule has 0 bridgehead atoms. The molecule has 0 aliphatic carbocycles. The van der Waals surface area contributed by atoms with Crippen LogP contribution in [0.25, 0.3) is 0 Å². The average Bonchev–Trinajstić information content (AvgIpc) is 2.37. The zero-order valence-corrected chi connectivity index (χ0v) is 10.3. The largest absolute Gasteiger partial charge is 0.418 e. The zero-order chi connectivity index (χ0) is 13.9. The summed E-state index contributed by atoms with van der Waals surface area (Å²) in [5.41, 5.74) is -0.861. The number of anilines is 1. The van der Waals surface area contributed by atoms with Crippen LogP contribution in [0.4, 0.5) is 18.9 Å². The predicted molar refractivity (Wildman–Crippen MR) is 65.8 cm³/mol. The second-order valence-electron chi connectivity index (χ2n) is 3.71. The first-order valence-corrected chi connectivity index (χ1v) is 5.71. The molecule has 2 aromatic rings. The van der Waals surface area contributed by atoms with Crippen LogP contribution in [-0.4, -0.2) is 9.97 Å². The number of nitrogens with one attached hydrogen (secondary N) is 1. The lowest BCUT2D eigenvalue weighted by Gasteiger charge is -2.14. The third-order valence-corrected chi connectivity index (χ3v) is 2.58. The van der Waals surface area contributed by atoms with E-state index in [2.05, 4.69) is 15.3 Å². The molecule has 3 nitrogen and oxygen atoms in total. The van der Waals surface area contributed by atoms with Gasteiger partial charge in [-0.3, -0.25) is 0 Å². The highest BCUT2D eigenvalue weighted by Crippen LogP contribution is 2.36. The summed E-state index contributed by atoms with van der Waals surface area (Å²) in [5.74, 6) is 0.408. The molecule has 0 atom stereocenters. The Balaban J connectivity index is 2.21. The van der Waals surface area contributed by atoms with E-state index in [1.807, 2.05) is 0 Å². The van der Waals surface area contributed by atoms with Gasteiger partial charge in [0.25, 0.3) is 0 Å². The number of rotatable bonds is 3. The van der Waals surface area contributed by atoms with Crippen molar-refractivity contribution in [1.29, 1.82) is 0 Å². The van der Waals surface area contributed by atoms with E-state index < -0.39 is 11.7 Å². The molecule has 1 aromatic carbocycles. The fourth-order valence-electron chi connectivity index (χ4n) is 1.50. The lowest BCUT2D eigenvalue weighted by atomic mass is 10.1. The van der Waals surface area contributed by atoms with Crippen LogP contribution in [-0.2, 0) is 12.7 Å². The second kappa shape index (κ2) is 5.44. The van der Waals surface area contributed by atoms with E-state index in [4.69, 9.17) is 11.6 Å². The van der Waals surface area contributed by atoms with Crippen LogP contribution >= 0.6 is 11.6 Å². The van der Waals surface area contributed by atoms with Gasteiger partial charge in [0.05, 0.1) is 12.1 Å². The van der Waals surface area contributed by atoms with Gasteiger partial charge in [-0.15, -0.1) is 0 Å². The maximum absolute atomic E-state index is 12.8. The molecule has 0 spiro atoms. The Hall–Kier alpha value is -1.82. The van der Waals surface area contributed by atoms with Gasteiger partial charge in [-0.2, -0.15) is 13.2 Å². The quantitative estimate of drug-likeness (QED) is 0.934. The van der Waals surface area contributed by atoms with Gasteiger partial charge in [0.2, 0.25) is 0 Å². The van der Waals surface area contributed by atoms with Crippen LogP contribution in [0.5, 0.6) is 0 Å². The van der Waals surface area contributed by atoms with E-state index in [0.29, 0.717) is 5.82 Å². The first kappa shape index (κ1) is 13.6. The minimum absolute atomic E-state index is 0.0360. The van der Waals surface area contributed by atoms with Gasteiger partial charge in [-0.1, -0.05) is 11.6 Å². The molecule has 0 radical (unpaired) electrons. The molecule has 19 heavy (non-hydrogen) atoms. The summed E-state index contributed by atoms with van der Waals surface area (Å²) < 4.78 is 38.5. The van der Waals surface area contributed by atoms with Crippen molar-refractivity contribution in [3.8, 4) is 0 Å². The summed E-state index contributed by atoms with van der Waals surface area (Å²) in [7, 11) is 0. The fraction of sp³-hybridized carbons (Fsp3) is 0.167. The van der Waals surface area contributed by atoms with E-state index >= 15 is 0 Å². The highest BCUT2D eigenvalue weighted by atomic mass is 35.5. The number of alkyl halides is 3. The van der Waals surface area contributed by atoms with Gasteiger partial charge in [-0.25, -0.2) is 9.97 Å². The molecule has 0 saturated carbocycles. The Morgan fingerprint density at radius 1 is 1.16 bits per heavy atom. The van der Waals surface area contributed by atoms with Crippen LogP contribution in [0, 0.1) is 0 Å². The maximum Gasteiger partial charge on any atom is 0.418 e. The molecule has 100 valence electrons. The summed E-state index contributed by atoms with van der Waals surface area (Å²) in [4.78, 5) is 7.84. The third-order valence-electron chi connectivity index (χ3n) is 2.34. The van der Waals surface area contributed by atoms with E-state index in [-0.39, 0.29) is 17.3 Å². The zero-order valence-electron chi connectivity index (χ0n) is 9.58. The smallest absolute Gasteiger partial charge is 0.377 e. The lowest BCUT2D eigenvalue weighted by molar-refractivity contribution is -0.136. The van der Waals surface area contributed by atoms with Gasteiger partial charge in [0.15, 0.2) is 0 Å². The van der Waals surface area contributed by atoms with E-state index in [0.717, 1.165) is 6.07 Å². The van der Waals surface area contributed by atoms with Crippen molar-refractivity contribution in [3.63, 3.8) is 0 Å². The molecule has 0 saturated heterocycles. The minimum Gasteiger partial charge on any atom is -0.377 e. The number of halogens is 4. The summed E-state index contributed by atoms with van der Waals surface area (Å²) in [6.45, 7) is 0.103. The SMILES string of the molecule is FC(F)(F)c1cc(Cl)ccc1NCc1ncccn1. The minimum atomic E-state index is -4.47. The van der Waals surface area contributed by atoms with Crippen LogP contribution in [0.2, 0.25) is 5.02 Å². The number of hydrogen-bond donors (Lipinski definition) is 1. The normalized spacial score (nSPS) is 11.4. The van der Waals surface area contributed by atoms with Crippen LogP contribution < -0.4 is 5.32 Å². The summed E-state index contributed by atoms with van der Waals surface area (Å²) in [6, 6.07) is 5.20. The van der Waals surface area contributed by atoms with E-state index in [1.54, 1.807) is 6.07 Å². The molecule has 1 aromatic heterocycles. The lowest BCUT2D eigenvalue weighted by Crippen LogP contribution is -2.11. The van der Waals surface area contributed by atoms with Crippen LogP contribution in [0.15, 0.2) is 36.7 Å². The first-order valence-electron chi connectivity index (χ1n) is 5.33. The van der Waals surface area contributed by atoms with Crippen molar-refractivity contribution in [2.75, 3.05) is 5.32 Å². The van der Waals surface area contributed by atoms with Crippen molar-refractivity contribution < 1.29 is 13.2 Å². The number of benzene rings is 1. The van der Waals surface area contributed by atoms with Gasteiger partial charge >= 0.3 is 6.18 Å². The molecule has 2 rings (SSSR count). The number of hydrogen-bond acceptors (Lipinski definition) is 3. The molecule has 1 N–H and O–H groups in total. The molecule has 7 heteroatoms. The highest BCUT2D eigenvalue weighted by molar-refractivity contribution is 6.30. The summed E-state index contributed by atoms with van der Waals surface area (Å²) in [5, 5.41) is 2.70. The molecule has 0 aliphatic heterocycles. The topological polar surface area (TPSA) is 37.8 Å². The Kier molecular flexibility index (Phi) is 3.90. The van der Waals surface area contributed by atoms with Crippen LogP contribution in [0.3, 0.4) is 0 Å². The van der Waals surface area contributed by atoms with Gasteiger partial charge in [0, 0.05) is 23.1 Å². The van der Waals surface area contributed by atoms with Gasteiger partial charge < -0.3 is 5.32 Å². The Morgan fingerprint density at radius 2 is 1.84 bits per heavy atom. The Labute approximate surface area is 112 Å². The maximum atomic E-state index is 12.8. The molecule has 0 fully saturated rings. The molecule has 0 amide bonds. The monoisotopic (exact) mass is 287 g/mol. The van der Waals surface area contributed by atoms with E-state index in [9.17, 15) is 13.2 Å². The van der Waals surface area contributed by atoms with Crippen molar-refractivity contribution >= 4 is 17.3 Å². The van der Waals surface area contributed by atoms with E-state index in [1.165, 1.54) is 24.5 Å². The highest BCUT2D eigenvalue weighted by Gasteiger charge is 2.33. The van der Waals surface area contributed by atoms with Crippen LogP contribution in [0.1, 0.15) is 11.4 Å². The fourth-order valence-corrected chi connectivity index (χ4v) is 1.67. The van der Waals surface area contributed by atoms with Crippen molar-refractivity contribution in [1.82, 2.24) is 9.97 Å². The number of aromatic nitrogens is 2. The second-order valence-corrected chi connectivity index (χ2v) is 4.14. The third kappa shape index (κ3) is 3.57. The van der Waals surface area contributed by atoms with Gasteiger partial charge in [0.1, 0.15) is 5.82 Å². The molecular weight excluding hydrogens is 279 g/mol. The van der Waals surface area contributed by atoms with Crippen molar-refractivity contribution in [2.24, 2.45) is 0 Å². The molecule has 1 heterocycles. The first-order chi connectivity index (χ1) is 8.97. The molecular formula is C12H9ClF3N3. The standard InChI is InChI=1S/C12H9ClF3N3/c13-8-2-3-10(9(6-8)12(14,15)16)19-7-11-17-4-1-5-18-11/h1-6,19H,7H2. The molecule has 0 unspecified atom stereocenters. The predicted octanol–water partition coefficient (Wildman–Crippen LogP) is 3.76. The summed E-state index contributed by atoms with van der Waals surface area (Å²) >= 11 is 5.59. The van der Waals surface area contributed by atoms with Crippen molar-refractivity contribution in [3.05, 3.63) is 53.1 Å². The Bertz CT molecular complexity index is 558. The summed E-state index contributed by atoms with van der Waals surface area (Å²) in [6.07, 6.45) is -1.42. The number of nitrogens with zero attached hydrogens (tertiary/aromatic N) is 2. The van der Waals surface area contributed by atoms with Crippen molar-refractivity contribution in [2.45, 2.75) is 12.7 Å².